The molecular weight excluding hydrogens is 563 g/mol. The van der Waals surface area contributed by atoms with Gasteiger partial charge >= 0.3 is 0 Å². The van der Waals surface area contributed by atoms with Crippen LogP contribution < -0.4 is 9.80 Å². The SMILES string of the molecule is CN(C)CCN(Cc1ccccc1)c1cccc(C=O)c1.CN(C)CCN(Cc1ccccc1)c1cccc(CO)c1.[2H]PC. The molecule has 7 heteroatoms. The average Bonchev–Trinajstić information content (AvgIpc) is 3.06. The highest BCUT2D eigenvalue weighted by Gasteiger charge is 2.10. The van der Waals surface area contributed by atoms with Crippen LogP contribution in [0.4, 0.5) is 11.4 Å². The number of likely N-dealkylation sites (N-methyl/N-ethyl adjacent to an activating group) is 2. The van der Waals surface area contributed by atoms with E-state index in [-0.39, 0.29) is 6.61 Å². The number of aliphatic hydroxyl groups excluding tert-OH is 1. The Morgan fingerprint density at radius 2 is 1.07 bits per heavy atom. The molecule has 0 heterocycles. The third kappa shape index (κ3) is 13.8. The smallest absolute Gasteiger partial charge is 0.150 e. The number of rotatable bonds is 14. The van der Waals surface area contributed by atoms with Crippen LogP contribution in [0.1, 0.15) is 27.0 Å². The Kier molecular flexibility index (Phi) is 16.8. The molecular formula is C37H51N4O2P. The lowest BCUT2D eigenvalue weighted by Crippen LogP contribution is -2.31. The molecule has 0 bridgehead atoms. The molecule has 0 aromatic heterocycles. The molecule has 0 spiro atoms. The summed E-state index contributed by atoms with van der Waals surface area (Å²) >= 11 is 0. The number of hydrogen-bond donors (Lipinski definition) is 1. The van der Waals surface area contributed by atoms with E-state index < -0.39 is 0 Å². The summed E-state index contributed by atoms with van der Waals surface area (Å²) in [7, 11) is 8.65. The number of nitrogens with zero attached hydrogens (tertiary/aromatic N) is 4. The molecule has 1 atom stereocenters. The number of aliphatic hydroxyl groups is 1. The van der Waals surface area contributed by atoms with Gasteiger partial charge in [-0.1, -0.05) is 91.6 Å². The van der Waals surface area contributed by atoms with Gasteiger partial charge in [0.05, 0.1) is 7.89 Å². The Bertz CT molecular complexity index is 1340. The first-order valence-electron chi connectivity index (χ1n) is 15.5. The Morgan fingerprint density at radius 3 is 1.50 bits per heavy atom. The van der Waals surface area contributed by atoms with Crippen molar-refractivity contribution >= 4 is 26.8 Å². The standard InChI is InChI=1S/C18H24N2O.C18H22N2O.CH5P/c2*1-19(2)11-12-20(14-16-7-4-3-5-8-16)18-10-6-9-17(13-18)15-21;1-2/h3-10,13,21H,11-12,14-15H2,1-2H3;3-10,13,15H,11-12,14H2,1-2H3;2H2,1H3/i;;2D. The van der Waals surface area contributed by atoms with E-state index >= 15 is 0 Å². The first kappa shape index (κ1) is 34.9. The van der Waals surface area contributed by atoms with E-state index in [2.05, 4.69) is 115 Å². The van der Waals surface area contributed by atoms with Crippen molar-refractivity contribution < 1.29 is 9.90 Å². The molecule has 1 N–H and O–H groups in total. The van der Waals surface area contributed by atoms with E-state index in [1.165, 1.54) is 11.1 Å². The predicted octanol–water partition coefficient (Wildman–Crippen LogP) is 6.31. The van der Waals surface area contributed by atoms with Crippen molar-refractivity contribution in [3.8, 4) is 0 Å². The van der Waals surface area contributed by atoms with Gasteiger partial charge in [0, 0.05) is 56.2 Å². The highest BCUT2D eigenvalue weighted by molar-refractivity contribution is 7.15. The number of anilines is 2. The predicted molar refractivity (Wildman–Crippen MR) is 192 cm³/mol. The van der Waals surface area contributed by atoms with Crippen LogP contribution in [0.3, 0.4) is 0 Å². The van der Waals surface area contributed by atoms with Gasteiger partial charge in [-0.05, 0) is 69.1 Å². The summed E-state index contributed by atoms with van der Waals surface area (Å²) in [5.41, 5.74) is 6.49. The molecule has 0 saturated heterocycles. The van der Waals surface area contributed by atoms with Gasteiger partial charge in [0.1, 0.15) is 6.29 Å². The number of benzene rings is 4. The zero-order chi connectivity index (χ0) is 32.9. The lowest BCUT2D eigenvalue weighted by molar-refractivity contribution is 0.112. The third-order valence-electron chi connectivity index (χ3n) is 6.90. The van der Waals surface area contributed by atoms with Crippen LogP contribution in [0.5, 0.6) is 0 Å². The van der Waals surface area contributed by atoms with Crippen LogP contribution in [0.25, 0.3) is 0 Å². The summed E-state index contributed by atoms with van der Waals surface area (Å²) in [6, 6.07) is 36.8. The van der Waals surface area contributed by atoms with Crippen molar-refractivity contribution in [2.45, 2.75) is 19.7 Å². The number of hydrogen-bond acceptors (Lipinski definition) is 6. The van der Waals surface area contributed by atoms with Crippen LogP contribution in [0.15, 0.2) is 109 Å². The van der Waals surface area contributed by atoms with E-state index in [0.717, 1.165) is 68.1 Å². The minimum absolute atomic E-state index is 0.0840. The molecule has 6 nitrogen and oxygen atoms in total. The Balaban J connectivity index is 0.000000288. The summed E-state index contributed by atoms with van der Waals surface area (Å²) in [5.74, 6) is 0. The van der Waals surface area contributed by atoms with Crippen molar-refractivity contribution in [1.82, 2.24) is 9.80 Å². The van der Waals surface area contributed by atoms with E-state index in [0.29, 0.717) is 9.18 Å². The molecule has 0 radical (unpaired) electrons. The third-order valence-corrected chi connectivity index (χ3v) is 6.90. The fourth-order valence-electron chi connectivity index (χ4n) is 4.49. The van der Waals surface area contributed by atoms with Crippen molar-refractivity contribution in [2.75, 3.05) is 70.8 Å². The van der Waals surface area contributed by atoms with Crippen LogP contribution in [-0.4, -0.2) is 83.5 Å². The molecule has 0 fully saturated rings. The van der Waals surface area contributed by atoms with Gasteiger partial charge in [0.2, 0.25) is 0 Å². The van der Waals surface area contributed by atoms with Gasteiger partial charge in [-0.15, -0.1) is 9.18 Å². The van der Waals surface area contributed by atoms with Gasteiger partial charge in [-0.3, -0.25) is 4.79 Å². The second kappa shape index (κ2) is 21.2. The van der Waals surface area contributed by atoms with Gasteiger partial charge in [0.15, 0.2) is 0 Å². The number of carbonyl (C=O) groups excluding carboxylic acids is 1. The van der Waals surface area contributed by atoms with Crippen LogP contribution in [0, 0.1) is 0 Å². The highest BCUT2D eigenvalue weighted by atomic mass is 31.0. The average molecular weight is 616 g/mol. The van der Waals surface area contributed by atoms with E-state index in [4.69, 9.17) is 1.28 Å². The summed E-state index contributed by atoms with van der Waals surface area (Å²) in [4.78, 5) is 20.0. The monoisotopic (exact) mass is 615 g/mol. The molecule has 1 unspecified atom stereocenters. The Labute approximate surface area is 269 Å². The van der Waals surface area contributed by atoms with Crippen LogP contribution in [-0.2, 0) is 19.7 Å². The van der Waals surface area contributed by atoms with Gasteiger partial charge in [0.25, 0.3) is 0 Å². The maximum atomic E-state index is 11.0. The molecule has 236 valence electrons. The fraction of sp³-hybridized carbons (Fsp3) is 0.324. The molecule has 4 aromatic carbocycles. The van der Waals surface area contributed by atoms with Crippen molar-refractivity contribution in [2.24, 2.45) is 0 Å². The lowest BCUT2D eigenvalue weighted by atomic mass is 10.1. The van der Waals surface area contributed by atoms with Crippen LogP contribution in [0.2, 0.25) is 0 Å². The molecule has 0 aliphatic carbocycles. The normalized spacial score (nSPS) is 11.0. The summed E-state index contributed by atoms with van der Waals surface area (Å²) in [6.45, 7) is 7.47. The first-order chi connectivity index (χ1) is 21.8. The topological polar surface area (TPSA) is 50.3 Å². The highest BCUT2D eigenvalue weighted by Crippen LogP contribution is 2.20. The largest absolute Gasteiger partial charge is 0.392 e. The maximum absolute atomic E-state index is 11.0. The lowest BCUT2D eigenvalue weighted by Gasteiger charge is -2.27. The molecule has 4 rings (SSSR count). The van der Waals surface area contributed by atoms with Crippen molar-refractivity contribution in [3.05, 3.63) is 131 Å². The maximum Gasteiger partial charge on any atom is 0.150 e. The second-order valence-electron chi connectivity index (χ2n) is 11.0. The first-order valence-corrected chi connectivity index (χ1v) is 16.0. The van der Waals surface area contributed by atoms with E-state index in [1.54, 1.807) is 0 Å². The molecule has 0 aliphatic heterocycles. The van der Waals surface area contributed by atoms with E-state index in [9.17, 15) is 9.90 Å². The molecule has 0 aliphatic rings. The Morgan fingerprint density at radius 1 is 0.636 bits per heavy atom. The molecule has 0 saturated carbocycles. The van der Waals surface area contributed by atoms with Crippen molar-refractivity contribution in [1.29, 1.82) is 1.28 Å². The number of carbonyl (C=O) groups is 1. The zero-order valence-corrected chi connectivity index (χ0v) is 28.1. The van der Waals surface area contributed by atoms with E-state index in [1.807, 2.05) is 49.1 Å². The zero-order valence-electron chi connectivity index (χ0n) is 28.1. The summed E-state index contributed by atoms with van der Waals surface area (Å²) < 4.78 is 6.24. The second-order valence-corrected chi connectivity index (χ2v) is 11.0. The summed E-state index contributed by atoms with van der Waals surface area (Å²) in [5, 5.41) is 9.32. The van der Waals surface area contributed by atoms with Gasteiger partial charge in [-0.2, -0.15) is 0 Å². The minimum atomic E-state index is 0.0840. The van der Waals surface area contributed by atoms with Crippen molar-refractivity contribution in [3.63, 3.8) is 0 Å². The number of aldehydes is 1. The minimum Gasteiger partial charge on any atom is -0.392 e. The van der Waals surface area contributed by atoms with Crippen LogP contribution >= 0.6 is 9.18 Å². The molecule has 4 aromatic rings. The van der Waals surface area contributed by atoms with Gasteiger partial charge in [-0.25, -0.2) is 0 Å². The fourth-order valence-corrected chi connectivity index (χ4v) is 4.49. The molecule has 0 amide bonds. The quantitative estimate of drug-likeness (QED) is 0.133. The molecule has 44 heavy (non-hydrogen) atoms. The summed E-state index contributed by atoms with van der Waals surface area (Å²) in [6.07, 6.45) is 0.899. The van der Waals surface area contributed by atoms with Gasteiger partial charge < -0.3 is 24.7 Å². The Hall–Kier alpha value is -3.54.